The van der Waals surface area contributed by atoms with E-state index in [0.29, 0.717) is 18.2 Å². The molecule has 0 saturated carbocycles. The molecule has 0 radical (unpaired) electrons. The molecule has 0 spiro atoms. The summed E-state index contributed by atoms with van der Waals surface area (Å²) in [5.41, 5.74) is 4.72. The van der Waals surface area contributed by atoms with Gasteiger partial charge in [-0.1, -0.05) is 57.2 Å². The van der Waals surface area contributed by atoms with Gasteiger partial charge in [0.15, 0.2) is 0 Å². The van der Waals surface area contributed by atoms with Crippen LogP contribution in [0, 0.1) is 6.92 Å². The second-order valence-electron chi connectivity index (χ2n) is 7.83. The lowest BCUT2D eigenvalue weighted by Crippen LogP contribution is -2.16. The second kappa shape index (κ2) is 8.21. The number of nitrogens with zero attached hydrogens (tertiary/aromatic N) is 2. The van der Waals surface area contributed by atoms with Gasteiger partial charge < -0.3 is 10.6 Å². The Balaban J connectivity index is 1.66. The van der Waals surface area contributed by atoms with Crippen molar-refractivity contribution in [3.8, 4) is 0 Å². The number of hydrogen-bond donors (Lipinski definition) is 2. The van der Waals surface area contributed by atoms with Gasteiger partial charge in [0, 0.05) is 18.4 Å². The highest BCUT2D eigenvalue weighted by atomic mass is 16.1. The summed E-state index contributed by atoms with van der Waals surface area (Å²) in [7, 11) is 0. The fraction of sp³-hybridized carbons (Fsp3) is 0.261. The smallest absolute Gasteiger partial charge is 0.274 e. The van der Waals surface area contributed by atoms with Crippen LogP contribution in [0.2, 0.25) is 0 Å². The Morgan fingerprint density at radius 3 is 2.39 bits per heavy atom. The minimum absolute atomic E-state index is 0.0763. The quantitative estimate of drug-likeness (QED) is 0.663. The van der Waals surface area contributed by atoms with Gasteiger partial charge >= 0.3 is 0 Å². The van der Waals surface area contributed by atoms with Crippen molar-refractivity contribution in [3.63, 3.8) is 0 Å². The lowest BCUT2D eigenvalue weighted by molar-refractivity contribution is 0.102. The number of carbonyl (C=O) groups excluding carboxylic acids is 1. The standard InChI is InChI=1S/C23H26N4O/c1-16-7-5-6-8-17(16)15-25-22-24-14-13-20(27-22)21(28)26-19-11-9-18(10-12-19)23(2,3)4/h5-14H,15H2,1-4H3,(H,26,28)(H,24,25,27). The van der Waals surface area contributed by atoms with Crippen molar-refractivity contribution in [1.29, 1.82) is 0 Å². The van der Waals surface area contributed by atoms with Crippen LogP contribution in [0.3, 0.4) is 0 Å². The van der Waals surface area contributed by atoms with Crippen LogP contribution in [0.4, 0.5) is 11.6 Å². The Morgan fingerprint density at radius 2 is 1.71 bits per heavy atom. The van der Waals surface area contributed by atoms with Crippen molar-refractivity contribution >= 4 is 17.5 Å². The summed E-state index contributed by atoms with van der Waals surface area (Å²) in [5, 5.41) is 6.07. The van der Waals surface area contributed by atoms with Gasteiger partial charge in [-0.2, -0.15) is 0 Å². The van der Waals surface area contributed by atoms with E-state index >= 15 is 0 Å². The van der Waals surface area contributed by atoms with Crippen LogP contribution in [0.15, 0.2) is 60.8 Å². The van der Waals surface area contributed by atoms with Crippen LogP contribution in [0.25, 0.3) is 0 Å². The number of nitrogens with one attached hydrogen (secondary N) is 2. The van der Waals surface area contributed by atoms with Gasteiger partial charge in [-0.25, -0.2) is 9.97 Å². The van der Waals surface area contributed by atoms with Crippen molar-refractivity contribution in [2.45, 2.75) is 39.7 Å². The van der Waals surface area contributed by atoms with Gasteiger partial charge in [0.1, 0.15) is 5.69 Å². The maximum Gasteiger partial charge on any atom is 0.274 e. The molecule has 2 aromatic carbocycles. The first-order chi connectivity index (χ1) is 13.3. The van der Waals surface area contributed by atoms with E-state index in [4.69, 9.17) is 0 Å². The lowest BCUT2D eigenvalue weighted by atomic mass is 9.87. The number of carbonyl (C=O) groups is 1. The molecule has 0 atom stereocenters. The Hall–Kier alpha value is -3.21. The number of hydrogen-bond acceptors (Lipinski definition) is 4. The van der Waals surface area contributed by atoms with E-state index in [-0.39, 0.29) is 11.3 Å². The third-order valence-corrected chi connectivity index (χ3v) is 4.60. The number of anilines is 2. The van der Waals surface area contributed by atoms with Gasteiger partial charge in [-0.3, -0.25) is 4.79 Å². The predicted octanol–water partition coefficient (Wildman–Crippen LogP) is 4.95. The van der Waals surface area contributed by atoms with Gasteiger partial charge in [0.05, 0.1) is 0 Å². The molecular formula is C23H26N4O. The Kier molecular flexibility index (Phi) is 5.73. The molecule has 3 rings (SSSR count). The number of amides is 1. The zero-order valence-corrected chi connectivity index (χ0v) is 16.8. The van der Waals surface area contributed by atoms with Crippen LogP contribution in [-0.2, 0) is 12.0 Å². The van der Waals surface area contributed by atoms with Crippen LogP contribution < -0.4 is 10.6 Å². The predicted molar refractivity (Wildman–Crippen MR) is 114 cm³/mol. The van der Waals surface area contributed by atoms with E-state index in [0.717, 1.165) is 5.69 Å². The number of aryl methyl sites for hydroxylation is 1. The minimum Gasteiger partial charge on any atom is -0.350 e. The molecule has 0 aliphatic carbocycles. The molecule has 28 heavy (non-hydrogen) atoms. The normalized spacial score (nSPS) is 11.1. The molecule has 5 heteroatoms. The maximum atomic E-state index is 12.5. The summed E-state index contributed by atoms with van der Waals surface area (Å²) in [5.74, 6) is 0.170. The summed E-state index contributed by atoms with van der Waals surface area (Å²) in [6.45, 7) is 9.14. The van der Waals surface area contributed by atoms with Crippen molar-refractivity contribution in [2.24, 2.45) is 0 Å². The average Bonchev–Trinajstić information content (AvgIpc) is 2.67. The largest absolute Gasteiger partial charge is 0.350 e. The molecule has 0 aliphatic heterocycles. The molecular weight excluding hydrogens is 348 g/mol. The zero-order valence-electron chi connectivity index (χ0n) is 16.8. The molecule has 1 heterocycles. The van der Waals surface area contributed by atoms with Crippen LogP contribution in [0.5, 0.6) is 0 Å². The van der Waals surface area contributed by atoms with Gasteiger partial charge in [0.2, 0.25) is 5.95 Å². The average molecular weight is 374 g/mol. The summed E-state index contributed by atoms with van der Waals surface area (Å²) >= 11 is 0. The van der Waals surface area contributed by atoms with Crippen molar-refractivity contribution in [3.05, 3.63) is 83.2 Å². The van der Waals surface area contributed by atoms with E-state index in [1.807, 2.05) is 36.4 Å². The van der Waals surface area contributed by atoms with Gasteiger partial charge in [-0.15, -0.1) is 0 Å². The van der Waals surface area contributed by atoms with E-state index in [9.17, 15) is 4.79 Å². The summed E-state index contributed by atoms with van der Waals surface area (Å²) in [6.07, 6.45) is 1.59. The molecule has 144 valence electrons. The highest BCUT2D eigenvalue weighted by Gasteiger charge is 2.14. The van der Waals surface area contributed by atoms with Crippen LogP contribution >= 0.6 is 0 Å². The molecule has 1 aromatic heterocycles. The third kappa shape index (κ3) is 4.94. The highest BCUT2D eigenvalue weighted by molar-refractivity contribution is 6.02. The fourth-order valence-electron chi connectivity index (χ4n) is 2.80. The summed E-state index contributed by atoms with van der Waals surface area (Å²) in [6, 6.07) is 17.6. The minimum atomic E-state index is -0.259. The van der Waals surface area contributed by atoms with E-state index in [1.54, 1.807) is 12.3 Å². The first-order valence-corrected chi connectivity index (χ1v) is 9.36. The fourth-order valence-corrected chi connectivity index (χ4v) is 2.80. The van der Waals surface area contributed by atoms with E-state index in [2.05, 4.69) is 60.4 Å². The lowest BCUT2D eigenvalue weighted by Gasteiger charge is -2.19. The first kappa shape index (κ1) is 19.5. The molecule has 0 bridgehead atoms. The second-order valence-corrected chi connectivity index (χ2v) is 7.83. The monoisotopic (exact) mass is 374 g/mol. The van der Waals surface area contributed by atoms with Crippen molar-refractivity contribution in [2.75, 3.05) is 10.6 Å². The molecule has 5 nitrogen and oxygen atoms in total. The highest BCUT2D eigenvalue weighted by Crippen LogP contribution is 2.23. The van der Waals surface area contributed by atoms with Gasteiger partial charge in [-0.05, 0) is 47.2 Å². The van der Waals surface area contributed by atoms with Crippen molar-refractivity contribution < 1.29 is 4.79 Å². The molecule has 0 fully saturated rings. The van der Waals surface area contributed by atoms with Crippen LogP contribution in [-0.4, -0.2) is 15.9 Å². The SMILES string of the molecule is Cc1ccccc1CNc1nccc(C(=O)Nc2ccc(C(C)(C)C)cc2)n1. The van der Waals surface area contributed by atoms with E-state index in [1.165, 1.54) is 16.7 Å². The molecule has 2 N–H and O–H groups in total. The van der Waals surface area contributed by atoms with Crippen molar-refractivity contribution in [1.82, 2.24) is 9.97 Å². The number of benzene rings is 2. The third-order valence-electron chi connectivity index (χ3n) is 4.60. The van der Waals surface area contributed by atoms with Gasteiger partial charge in [0.25, 0.3) is 5.91 Å². The first-order valence-electron chi connectivity index (χ1n) is 9.36. The van der Waals surface area contributed by atoms with E-state index < -0.39 is 0 Å². The maximum absolute atomic E-state index is 12.5. The molecule has 0 unspecified atom stereocenters. The topological polar surface area (TPSA) is 66.9 Å². The Bertz CT molecular complexity index is 959. The Morgan fingerprint density at radius 1 is 1.00 bits per heavy atom. The molecule has 3 aromatic rings. The number of rotatable bonds is 5. The summed E-state index contributed by atoms with van der Waals surface area (Å²) in [4.78, 5) is 21.1. The molecule has 0 saturated heterocycles. The number of aromatic nitrogens is 2. The Labute approximate surface area is 166 Å². The van der Waals surface area contributed by atoms with Crippen LogP contribution in [0.1, 0.15) is 48.0 Å². The zero-order chi connectivity index (χ0) is 20.1. The summed E-state index contributed by atoms with van der Waals surface area (Å²) < 4.78 is 0. The molecule has 1 amide bonds. The molecule has 0 aliphatic rings.